The average Bonchev–Trinajstić information content (AvgIpc) is 2.98. The molecular weight excluding hydrogens is 328 g/mol. The number of furan rings is 1. The van der Waals surface area contributed by atoms with E-state index in [1.807, 2.05) is 0 Å². The van der Waals surface area contributed by atoms with Gasteiger partial charge in [0.2, 0.25) is 5.60 Å². The number of hydrogen-bond donors (Lipinski definition) is 1. The summed E-state index contributed by atoms with van der Waals surface area (Å²) in [6.07, 6.45) is -9.56. The second-order valence-electron chi connectivity index (χ2n) is 4.56. The summed E-state index contributed by atoms with van der Waals surface area (Å²) in [5, 5.41) is 18.7. The molecule has 9 heteroatoms. The van der Waals surface area contributed by atoms with Gasteiger partial charge in [-0.3, -0.25) is 0 Å². The largest absolute Gasteiger partial charge is 0.466 e. The summed E-state index contributed by atoms with van der Waals surface area (Å²) in [7, 11) is 0. The first-order chi connectivity index (χ1) is 10.5. The van der Waals surface area contributed by atoms with E-state index in [0.29, 0.717) is 12.1 Å². The van der Waals surface area contributed by atoms with Gasteiger partial charge in [0.05, 0.1) is 23.5 Å². The zero-order valence-corrected chi connectivity index (χ0v) is 11.0. The van der Waals surface area contributed by atoms with E-state index in [9.17, 15) is 31.4 Å². The van der Waals surface area contributed by atoms with E-state index in [0.717, 1.165) is 18.4 Å². The van der Waals surface area contributed by atoms with Gasteiger partial charge in [-0.05, 0) is 24.3 Å². The second kappa shape index (κ2) is 5.31. The highest BCUT2D eigenvalue weighted by Gasteiger charge is 2.59. The minimum atomic E-state index is -5.35. The van der Waals surface area contributed by atoms with Crippen molar-refractivity contribution in [3.8, 4) is 6.07 Å². The van der Waals surface area contributed by atoms with Gasteiger partial charge in [-0.2, -0.15) is 31.6 Å². The Balaban J connectivity index is 2.75. The topological polar surface area (TPSA) is 57.2 Å². The molecule has 0 fully saturated rings. The molecule has 1 unspecified atom stereocenters. The highest BCUT2D eigenvalue weighted by Crippen LogP contribution is 2.46. The van der Waals surface area contributed by atoms with Crippen LogP contribution in [0.5, 0.6) is 0 Å². The van der Waals surface area contributed by atoms with Crippen molar-refractivity contribution in [3.05, 3.63) is 59.0 Å². The summed E-state index contributed by atoms with van der Waals surface area (Å²) in [5.74, 6) is -0.983. The zero-order chi connectivity index (χ0) is 17.5. The number of alkyl halides is 6. The Morgan fingerprint density at radius 1 is 1.04 bits per heavy atom. The summed E-state index contributed by atoms with van der Waals surface area (Å²) in [5.41, 5.74) is -7.31. The molecule has 122 valence electrons. The number of nitriles is 1. The van der Waals surface area contributed by atoms with Crippen LogP contribution in [0.1, 0.15) is 22.5 Å². The Morgan fingerprint density at radius 3 is 2.13 bits per heavy atom. The molecule has 2 rings (SSSR count). The van der Waals surface area contributed by atoms with Gasteiger partial charge >= 0.3 is 12.4 Å². The summed E-state index contributed by atoms with van der Waals surface area (Å²) in [4.78, 5) is 0. The molecule has 3 nitrogen and oxygen atoms in total. The lowest BCUT2D eigenvalue weighted by molar-refractivity contribution is -0.254. The number of rotatable bonds is 2. The molecule has 0 saturated carbocycles. The Labute approximate surface area is 125 Å². The van der Waals surface area contributed by atoms with E-state index in [4.69, 9.17) is 5.26 Å². The SMILES string of the molecule is N#Cc1ccc(C(O)(c2ccco2)C(F)(F)F)cc1C(F)(F)F. The molecule has 0 aliphatic heterocycles. The third-order valence-electron chi connectivity index (χ3n) is 3.15. The molecule has 0 radical (unpaired) electrons. The van der Waals surface area contributed by atoms with Gasteiger partial charge < -0.3 is 9.52 Å². The van der Waals surface area contributed by atoms with Crippen molar-refractivity contribution in [3.63, 3.8) is 0 Å². The van der Waals surface area contributed by atoms with Gasteiger partial charge in [0.25, 0.3) is 0 Å². The maximum absolute atomic E-state index is 13.3. The van der Waals surface area contributed by atoms with Gasteiger partial charge in [-0.15, -0.1) is 0 Å². The molecule has 0 saturated heterocycles. The number of hydrogen-bond acceptors (Lipinski definition) is 3. The fraction of sp³-hybridized carbons (Fsp3) is 0.214. The van der Waals surface area contributed by atoms with E-state index in [-0.39, 0.29) is 6.07 Å². The predicted octanol–water partition coefficient (Wildman–Crippen LogP) is 3.97. The number of nitrogens with zero attached hydrogens (tertiary/aromatic N) is 1. The van der Waals surface area contributed by atoms with E-state index in [1.54, 1.807) is 0 Å². The zero-order valence-electron chi connectivity index (χ0n) is 11.0. The monoisotopic (exact) mass is 335 g/mol. The minimum absolute atomic E-state index is 0.0918. The van der Waals surface area contributed by atoms with Gasteiger partial charge in [0, 0.05) is 5.56 Å². The van der Waals surface area contributed by atoms with Crippen LogP contribution < -0.4 is 0 Å². The van der Waals surface area contributed by atoms with Crippen LogP contribution in [0.15, 0.2) is 41.0 Å². The van der Waals surface area contributed by atoms with Crippen LogP contribution in [0.4, 0.5) is 26.3 Å². The van der Waals surface area contributed by atoms with Crippen LogP contribution >= 0.6 is 0 Å². The quantitative estimate of drug-likeness (QED) is 0.845. The lowest BCUT2D eigenvalue weighted by Crippen LogP contribution is -2.43. The maximum atomic E-state index is 13.3. The van der Waals surface area contributed by atoms with Crippen LogP contribution in [-0.4, -0.2) is 11.3 Å². The molecule has 1 aromatic carbocycles. The fourth-order valence-corrected chi connectivity index (χ4v) is 2.03. The van der Waals surface area contributed by atoms with E-state index < -0.39 is 40.4 Å². The molecule has 1 atom stereocenters. The van der Waals surface area contributed by atoms with E-state index in [2.05, 4.69) is 4.42 Å². The molecule has 0 amide bonds. The summed E-state index contributed by atoms with van der Waals surface area (Å²) >= 11 is 0. The molecule has 2 aromatic rings. The normalized spacial score (nSPS) is 15.0. The fourth-order valence-electron chi connectivity index (χ4n) is 2.03. The van der Waals surface area contributed by atoms with Gasteiger partial charge in [-0.25, -0.2) is 0 Å². The summed E-state index contributed by atoms with van der Waals surface area (Å²) in [6, 6.07) is 4.35. The van der Waals surface area contributed by atoms with Gasteiger partial charge in [0.15, 0.2) is 0 Å². The van der Waals surface area contributed by atoms with Crippen LogP contribution in [0.3, 0.4) is 0 Å². The lowest BCUT2D eigenvalue weighted by Gasteiger charge is -2.29. The van der Waals surface area contributed by atoms with Crippen molar-refractivity contribution in [2.24, 2.45) is 0 Å². The third-order valence-corrected chi connectivity index (χ3v) is 3.15. The molecule has 0 spiro atoms. The predicted molar refractivity (Wildman–Crippen MR) is 63.9 cm³/mol. The Hall–Kier alpha value is -2.47. The van der Waals surface area contributed by atoms with Crippen LogP contribution in [0, 0.1) is 11.3 Å². The Bertz CT molecular complexity index is 742. The van der Waals surface area contributed by atoms with Crippen molar-refractivity contribution >= 4 is 0 Å². The van der Waals surface area contributed by atoms with Crippen LogP contribution in [-0.2, 0) is 11.8 Å². The first-order valence-corrected chi connectivity index (χ1v) is 5.96. The highest BCUT2D eigenvalue weighted by atomic mass is 19.4. The first kappa shape index (κ1) is 16.9. The van der Waals surface area contributed by atoms with Crippen molar-refractivity contribution < 1.29 is 35.9 Å². The van der Waals surface area contributed by atoms with Crippen molar-refractivity contribution in [2.45, 2.75) is 18.0 Å². The standard InChI is InChI=1S/C14H7F6NO2/c15-13(16,17)10-6-9(4-3-8(10)7-21)12(22,14(18,19)20)11-2-1-5-23-11/h1-6,22H. The first-order valence-electron chi connectivity index (χ1n) is 5.96. The molecule has 0 bridgehead atoms. The van der Waals surface area contributed by atoms with Gasteiger partial charge in [-0.1, -0.05) is 6.07 Å². The van der Waals surface area contributed by atoms with Crippen molar-refractivity contribution in [1.29, 1.82) is 5.26 Å². The van der Waals surface area contributed by atoms with Crippen molar-refractivity contribution in [1.82, 2.24) is 0 Å². The molecule has 0 aliphatic carbocycles. The lowest BCUT2D eigenvalue weighted by atomic mass is 9.88. The number of benzene rings is 1. The Kier molecular flexibility index (Phi) is 3.90. The Morgan fingerprint density at radius 2 is 1.70 bits per heavy atom. The number of aliphatic hydroxyl groups is 1. The van der Waals surface area contributed by atoms with Gasteiger partial charge in [0.1, 0.15) is 5.76 Å². The smallest absolute Gasteiger partial charge is 0.428 e. The average molecular weight is 335 g/mol. The molecule has 23 heavy (non-hydrogen) atoms. The molecular formula is C14H7F6NO2. The minimum Gasteiger partial charge on any atom is -0.466 e. The second-order valence-corrected chi connectivity index (χ2v) is 4.56. The molecule has 0 aliphatic rings. The summed E-state index contributed by atoms with van der Waals surface area (Å²) in [6.45, 7) is 0. The van der Waals surface area contributed by atoms with Crippen molar-refractivity contribution in [2.75, 3.05) is 0 Å². The third kappa shape index (κ3) is 2.77. The summed E-state index contributed by atoms with van der Waals surface area (Å²) < 4.78 is 83.2. The maximum Gasteiger partial charge on any atom is 0.428 e. The molecule has 1 aromatic heterocycles. The molecule has 1 N–H and O–H groups in total. The number of halogens is 6. The molecule has 1 heterocycles. The van der Waals surface area contributed by atoms with E-state index in [1.165, 1.54) is 6.07 Å². The highest BCUT2D eigenvalue weighted by molar-refractivity contribution is 5.46. The van der Waals surface area contributed by atoms with Crippen LogP contribution in [0.25, 0.3) is 0 Å². The van der Waals surface area contributed by atoms with Crippen LogP contribution in [0.2, 0.25) is 0 Å². The van der Waals surface area contributed by atoms with E-state index >= 15 is 0 Å².